The topological polar surface area (TPSA) is 85.6 Å². The molecule has 0 aliphatic carbocycles. The summed E-state index contributed by atoms with van der Waals surface area (Å²) < 4.78 is 12.5. The first-order valence-electron chi connectivity index (χ1n) is 9.31. The van der Waals surface area contributed by atoms with Crippen molar-refractivity contribution in [3.8, 4) is 5.75 Å². The molecule has 1 atom stereocenters. The molecule has 0 radical (unpaired) electrons. The second-order valence-corrected chi connectivity index (χ2v) is 6.45. The van der Waals surface area contributed by atoms with E-state index in [1.807, 2.05) is 28.9 Å². The molecule has 0 amide bonds. The SMILES string of the molecule is CCNC(=NCc1ccccc1OC)NC1CCc2nc(COC)nn2C1. The molecular formula is C19H28N6O2. The van der Waals surface area contributed by atoms with Crippen LogP contribution in [-0.2, 0) is 30.9 Å². The van der Waals surface area contributed by atoms with Gasteiger partial charge in [-0.25, -0.2) is 14.7 Å². The van der Waals surface area contributed by atoms with Crippen LogP contribution in [0.3, 0.4) is 0 Å². The van der Waals surface area contributed by atoms with Crippen LogP contribution < -0.4 is 15.4 Å². The van der Waals surface area contributed by atoms with Crippen molar-refractivity contribution in [2.24, 2.45) is 4.99 Å². The Kier molecular flexibility index (Phi) is 6.64. The van der Waals surface area contributed by atoms with Crippen molar-refractivity contribution < 1.29 is 9.47 Å². The van der Waals surface area contributed by atoms with Gasteiger partial charge < -0.3 is 20.1 Å². The lowest BCUT2D eigenvalue weighted by atomic mass is 10.1. The maximum atomic E-state index is 5.41. The van der Waals surface area contributed by atoms with Crippen LogP contribution in [0.5, 0.6) is 5.75 Å². The van der Waals surface area contributed by atoms with Gasteiger partial charge in [0.05, 0.1) is 20.2 Å². The fourth-order valence-corrected chi connectivity index (χ4v) is 3.18. The maximum Gasteiger partial charge on any atom is 0.191 e. The third-order valence-corrected chi connectivity index (χ3v) is 4.46. The van der Waals surface area contributed by atoms with Crippen LogP contribution in [0.2, 0.25) is 0 Å². The number of guanidine groups is 1. The average Bonchev–Trinajstić information content (AvgIpc) is 3.08. The highest BCUT2D eigenvalue weighted by Crippen LogP contribution is 2.18. The van der Waals surface area contributed by atoms with Gasteiger partial charge >= 0.3 is 0 Å². The molecule has 0 spiro atoms. The summed E-state index contributed by atoms with van der Waals surface area (Å²) in [7, 11) is 3.34. The number of hydrogen-bond acceptors (Lipinski definition) is 5. The summed E-state index contributed by atoms with van der Waals surface area (Å²) in [6.45, 7) is 4.63. The number of ether oxygens (including phenoxy) is 2. The number of nitrogens with one attached hydrogen (secondary N) is 2. The molecule has 1 aliphatic rings. The number of para-hydroxylation sites is 1. The van der Waals surface area contributed by atoms with E-state index in [2.05, 4.69) is 27.6 Å². The van der Waals surface area contributed by atoms with E-state index in [0.29, 0.717) is 13.2 Å². The highest BCUT2D eigenvalue weighted by atomic mass is 16.5. The van der Waals surface area contributed by atoms with Gasteiger partial charge in [0, 0.05) is 31.7 Å². The molecule has 0 bridgehead atoms. The monoisotopic (exact) mass is 372 g/mol. The Labute approximate surface area is 160 Å². The first-order chi connectivity index (χ1) is 13.2. The number of fused-ring (bicyclic) bond motifs is 1. The lowest BCUT2D eigenvalue weighted by Crippen LogP contribution is -2.47. The van der Waals surface area contributed by atoms with Gasteiger partial charge in [0.15, 0.2) is 11.8 Å². The van der Waals surface area contributed by atoms with E-state index in [-0.39, 0.29) is 6.04 Å². The summed E-state index contributed by atoms with van der Waals surface area (Å²) in [5, 5.41) is 11.4. The molecule has 1 aromatic carbocycles. The molecular weight excluding hydrogens is 344 g/mol. The molecule has 8 nitrogen and oxygen atoms in total. The number of benzene rings is 1. The molecule has 27 heavy (non-hydrogen) atoms. The predicted molar refractivity (Wildman–Crippen MR) is 104 cm³/mol. The first kappa shape index (κ1) is 19.2. The molecule has 2 heterocycles. The third-order valence-electron chi connectivity index (χ3n) is 4.46. The van der Waals surface area contributed by atoms with Gasteiger partial charge in [-0.05, 0) is 19.4 Å². The van der Waals surface area contributed by atoms with Crippen LogP contribution in [0.4, 0.5) is 0 Å². The van der Waals surface area contributed by atoms with Crippen LogP contribution >= 0.6 is 0 Å². The van der Waals surface area contributed by atoms with Gasteiger partial charge in [0.1, 0.15) is 18.2 Å². The maximum absolute atomic E-state index is 5.41. The second-order valence-electron chi connectivity index (χ2n) is 6.45. The highest BCUT2D eigenvalue weighted by molar-refractivity contribution is 5.80. The van der Waals surface area contributed by atoms with Crippen LogP contribution in [0, 0.1) is 0 Å². The van der Waals surface area contributed by atoms with Crippen molar-refractivity contribution in [1.29, 1.82) is 0 Å². The predicted octanol–water partition coefficient (Wildman–Crippen LogP) is 1.50. The van der Waals surface area contributed by atoms with Crippen molar-refractivity contribution >= 4 is 5.96 Å². The molecule has 146 valence electrons. The van der Waals surface area contributed by atoms with Crippen molar-refractivity contribution in [3.05, 3.63) is 41.5 Å². The Morgan fingerprint density at radius 1 is 1.33 bits per heavy atom. The zero-order chi connectivity index (χ0) is 19.1. The van der Waals surface area contributed by atoms with E-state index < -0.39 is 0 Å². The standard InChI is InChI=1S/C19H28N6O2/c1-4-20-19(21-11-14-7-5-6-8-16(14)27-3)22-15-9-10-18-23-17(13-26-2)24-25(18)12-15/h5-8,15H,4,9-13H2,1-3H3,(H2,20,21,22). The van der Waals surface area contributed by atoms with Gasteiger partial charge in [-0.2, -0.15) is 5.10 Å². The van der Waals surface area contributed by atoms with E-state index in [4.69, 9.17) is 14.5 Å². The zero-order valence-electron chi connectivity index (χ0n) is 16.2. The van der Waals surface area contributed by atoms with Gasteiger partial charge in [-0.15, -0.1) is 0 Å². The molecule has 1 aromatic heterocycles. The van der Waals surface area contributed by atoms with Crippen molar-refractivity contribution in [2.75, 3.05) is 20.8 Å². The minimum absolute atomic E-state index is 0.255. The molecule has 3 rings (SSSR count). The Balaban J connectivity index is 1.65. The smallest absolute Gasteiger partial charge is 0.191 e. The van der Waals surface area contributed by atoms with Crippen molar-refractivity contribution in [2.45, 2.75) is 45.5 Å². The van der Waals surface area contributed by atoms with Crippen LogP contribution in [0.25, 0.3) is 0 Å². The summed E-state index contributed by atoms with van der Waals surface area (Å²) in [5.74, 6) is 3.42. The van der Waals surface area contributed by atoms with E-state index in [0.717, 1.165) is 54.9 Å². The second kappa shape index (κ2) is 9.36. The van der Waals surface area contributed by atoms with Crippen molar-refractivity contribution in [1.82, 2.24) is 25.4 Å². The van der Waals surface area contributed by atoms with Gasteiger partial charge in [-0.1, -0.05) is 18.2 Å². The van der Waals surface area contributed by atoms with Crippen LogP contribution in [0.1, 0.15) is 30.6 Å². The third kappa shape index (κ3) is 4.97. The minimum Gasteiger partial charge on any atom is -0.496 e. The number of aryl methyl sites for hydroxylation is 1. The summed E-state index contributed by atoms with van der Waals surface area (Å²) in [4.78, 5) is 9.25. The fraction of sp³-hybridized carbons (Fsp3) is 0.526. The lowest BCUT2D eigenvalue weighted by molar-refractivity contribution is 0.177. The zero-order valence-corrected chi connectivity index (χ0v) is 16.2. The quantitative estimate of drug-likeness (QED) is 0.566. The Hall–Kier alpha value is -2.61. The fourth-order valence-electron chi connectivity index (χ4n) is 3.18. The van der Waals surface area contributed by atoms with Crippen LogP contribution in [0.15, 0.2) is 29.3 Å². The van der Waals surface area contributed by atoms with Crippen molar-refractivity contribution in [3.63, 3.8) is 0 Å². The van der Waals surface area contributed by atoms with Crippen LogP contribution in [-0.4, -0.2) is 47.5 Å². The van der Waals surface area contributed by atoms with Gasteiger partial charge in [-0.3, -0.25) is 0 Å². The van der Waals surface area contributed by atoms with E-state index >= 15 is 0 Å². The van der Waals surface area contributed by atoms with E-state index in [9.17, 15) is 0 Å². The first-order valence-corrected chi connectivity index (χ1v) is 9.31. The molecule has 0 fully saturated rings. The normalized spacial score (nSPS) is 16.7. The molecule has 2 aromatic rings. The highest BCUT2D eigenvalue weighted by Gasteiger charge is 2.22. The number of aliphatic imine (C=N–C) groups is 1. The van der Waals surface area contributed by atoms with E-state index in [1.165, 1.54) is 0 Å². The number of rotatable bonds is 7. The average molecular weight is 372 g/mol. The molecule has 1 unspecified atom stereocenters. The van der Waals surface area contributed by atoms with Gasteiger partial charge in [0.25, 0.3) is 0 Å². The van der Waals surface area contributed by atoms with Gasteiger partial charge in [0.2, 0.25) is 0 Å². The number of methoxy groups -OCH3 is 2. The Bertz CT molecular complexity index is 773. The largest absolute Gasteiger partial charge is 0.496 e. The lowest BCUT2D eigenvalue weighted by Gasteiger charge is -2.25. The number of nitrogens with zero attached hydrogens (tertiary/aromatic N) is 4. The number of hydrogen-bond donors (Lipinski definition) is 2. The Morgan fingerprint density at radius 3 is 2.96 bits per heavy atom. The Morgan fingerprint density at radius 2 is 2.19 bits per heavy atom. The van der Waals surface area contributed by atoms with E-state index in [1.54, 1.807) is 14.2 Å². The summed E-state index contributed by atoms with van der Waals surface area (Å²) >= 11 is 0. The molecule has 8 heteroatoms. The summed E-state index contributed by atoms with van der Waals surface area (Å²) in [6, 6.07) is 8.20. The number of aromatic nitrogens is 3. The molecule has 1 aliphatic heterocycles. The molecule has 0 saturated heterocycles. The molecule has 2 N–H and O–H groups in total. The summed E-state index contributed by atoms with van der Waals surface area (Å²) in [6.07, 6.45) is 1.88. The summed E-state index contributed by atoms with van der Waals surface area (Å²) in [5.41, 5.74) is 1.06. The minimum atomic E-state index is 0.255. The molecule has 0 saturated carbocycles.